The van der Waals surface area contributed by atoms with Gasteiger partial charge in [0.05, 0.1) is 23.0 Å². The summed E-state index contributed by atoms with van der Waals surface area (Å²) in [7, 11) is 3.89. The van der Waals surface area contributed by atoms with Gasteiger partial charge in [-0.25, -0.2) is 9.78 Å². The Labute approximate surface area is 203 Å². The molecule has 1 aliphatic rings. The molecule has 0 aliphatic heterocycles. The van der Waals surface area contributed by atoms with E-state index < -0.39 is 11.9 Å². The number of esters is 1. The zero-order valence-electron chi connectivity index (χ0n) is 19.6. The number of carbonyl (C=O) groups excluding carboxylic acids is 2. The molecular weight excluding hydrogens is 442 g/mol. The summed E-state index contributed by atoms with van der Waals surface area (Å²) in [5, 5.41) is 3.49. The number of ether oxygens (including phenoxy) is 1. The Morgan fingerprint density at radius 1 is 1.06 bits per heavy atom. The molecule has 2 aromatic heterocycles. The molecule has 0 radical (unpaired) electrons. The molecule has 1 amide bonds. The summed E-state index contributed by atoms with van der Waals surface area (Å²) in [5.74, 6) is -0.191. The van der Waals surface area contributed by atoms with Crippen LogP contribution in [0.25, 0.3) is 22.6 Å². The summed E-state index contributed by atoms with van der Waals surface area (Å²) in [5.41, 5.74) is 5.46. The lowest BCUT2D eigenvalue weighted by Crippen LogP contribution is -2.21. The SMILES string of the molecule is CN(C)c1ccc(NC(=O)COC(=O)c2c3c(nc4ccccc24)/C(=C/c2ccco2)CC3)cc1. The molecule has 35 heavy (non-hydrogen) atoms. The highest BCUT2D eigenvalue weighted by molar-refractivity contribution is 6.08. The van der Waals surface area contributed by atoms with Gasteiger partial charge in [0.2, 0.25) is 0 Å². The van der Waals surface area contributed by atoms with Crippen molar-refractivity contribution in [3.63, 3.8) is 0 Å². The molecule has 7 heteroatoms. The third kappa shape index (κ3) is 4.66. The van der Waals surface area contributed by atoms with Crippen LogP contribution in [0.4, 0.5) is 11.4 Å². The van der Waals surface area contributed by atoms with Gasteiger partial charge in [0.15, 0.2) is 6.61 Å². The number of hydrogen-bond acceptors (Lipinski definition) is 6. The Hall–Kier alpha value is -4.39. The maximum atomic E-state index is 13.2. The van der Waals surface area contributed by atoms with Gasteiger partial charge in [-0.1, -0.05) is 18.2 Å². The number of rotatable bonds is 6. The predicted molar refractivity (Wildman–Crippen MR) is 136 cm³/mol. The summed E-state index contributed by atoms with van der Waals surface area (Å²) in [4.78, 5) is 32.5. The van der Waals surface area contributed by atoms with Crippen molar-refractivity contribution in [2.24, 2.45) is 0 Å². The van der Waals surface area contributed by atoms with Crippen molar-refractivity contribution in [2.45, 2.75) is 12.8 Å². The first-order valence-corrected chi connectivity index (χ1v) is 11.4. The van der Waals surface area contributed by atoms with Crippen molar-refractivity contribution in [1.29, 1.82) is 0 Å². The minimum Gasteiger partial charge on any atom is -0.465 e. The van der Waals surface area contributed by atoms with Crippen molar-refractivity contribution in [3.8, 4) is 0 Å². The molecule has 0 bridgehead atoms. The van der Waals surface area contributed by atoms with E-state index in [0.717, 1.165) is 40.1 Å². The van der Waals surface area contributed by atoms with E-state index in [2.05, 4.69) is 5.32 Å². The number of furan rings is 1. The normalized spacial score (nSPS) is 13.6. The molecule has 1 N–H and O–H groups in total. The second kappa shape index (κ2) is 9.46. The number of fused-ring (bicyclic) bond motifs is 2. The van der Waals surface area contributed by atoms with Crippen molar-refractivity contribution in [1.82, 2.24) is 4.98 Å². The maximum Gasteiger partial charge on any atom is 0.339 e. The zero-order chi connectivity index (χ0) is 24.4. The smallest absolute Gasteiger partial charge is 0.339 e. The van der Waals surface area contributed by atoms with Gasteiger partial charge >= 0.3 is 5.97 Å². The molecule has 2 aromatic carbocycles. The Bertz CT molecular complexity index is 1420. The fourth-order valence-corrected chi connectivity index (χ4v) is 4.30. The number of nitrogens with one attached hydrogen (secondary N) is 1. The van der Waals surface area contributed by atoms with Gasteiger partial charge in [-0.05, 0) is 72.5 Å². The molecule has 5 rings (SSSR count). The second-order valence-electron chi connectivity index (χ2n) is 8.58. The molecule has 0 spiro atoms. The number of hydrogen-bond donors (Lipinski definition) is 1. The highest BCUT2D eigenvalue weighted by atomic mass is 16.5. The molecule has 1 aliphatic carbocycles. The predicted octanol–water partition coefficient (Wildman–Crippen LogP) is 5.18. The van der Waals surface area contributed by atoms with Crippen LogP contribution >= 0.6 is 0 Å². The number of benzene rings is 2. The highest BCUT2D eigenvalue weighted by Crippen LogP contribution is 2.37. The fourth-order valence-electron chi connectivity index (χ4n) is 4.30. The Morgan fingerprint density at radius 2 is 1.86 bits per heavy atom. The third-order valence-electron chi connectivity index (χ3n) is 6.01. The lowest BCUT2D eigenvalue weighted by Gasteiger charge is -2.14. The average Bonchev–Trinajstić information content (AvgIpc) is 3.52. The quantitative estimate of drug-likeness (QED) is 0.394. The van der Waals surface area contributed by atoms with Crippen molar-refractivity contribution in [3.05, 3.63) is 89.5 Å². The topological polar surface area (TPSA) is 84.7 Å². The van der Waals surface area contributed by atoms with E-state index >= 15 is 0 Å². The molecule has 0 saturated heterocycles. The standard InChI is InChI=1S/C28H25N3O4/c1-31(2)20-12-10-19(11-13-20)29-25(32)17-35-28(33)26-22-7-3-4-8-24(22)30-27-18(9-14-23(26)27)16-21-6-5-15-34-21/h3-8,10-13,15-16H,9,14,17H2,1-2H3,(H,29,32)/b18-16+. The van der Waals surface area contributed by atoms with E-state index in [-0.39, 0.29) is 6.61 Å². The largest absolute Gasteiger partial charge is 0.465 e. The van der Waals surface area contributed by atoms with E-state index in [1.54, 1.807) is 6.26 Å². The van der Waals surface area contributed by atoms with Gasteiger partial charge < -0.3 is 19.4 Å². The van der Waals surface area contributed by atoms with Crippen LogP contribution in [-0.4, -0.2) is 37.6 Å². The first-order chi connectivity index (χ1) is 17.0. The summed E-state index contributed by atoms with van der Waals surface area (Å²) in [6.45, 7) is -0.380. The zero-order valence-corrected chi connectivity index (χ0v) is 19.6. The van der Waals surface area contributed by atoms with Crippen LogP contribution in [0.5, 0.6) is 0 Å². The van der Waals surface area contributed by atoms with E-state index in [9.17, 15) is 9.59 Å². The van der Waals surface area contributed by atoms with Crippen LogP contribution in [0, 0.1) is 0 Å². The summed E-state index contributed by atoms with van der Waals surface area (Å²) >= 11 is 0. The van der Waals surface area contributed by atoms with Crippen LogP contribution in [0.3, 0.4) is 0 Å². The number of pyridine rings is 1. The van der Waals surface area contributed by atoms with E-state index in [1.165, 1.54) is 0 Å². The summed E-state index contributed by atoms with van der Waals surface area (Å²) < 4.78 is 10.9. The number of amides is 1. The first kappa shape index (κ1) is 22.4. The minimum absolute atomic E-state index is 0.380. The van der Waals surface area contributed by atoms with Gasteiger partial charge in [0.25, 0.3) is 5.91 Å². The molecule has 2 heterocycles. The van der Waals surface area contributed by atoms with Gasteiger partial charge in [0, 0.05) is 30.9 Å². The molecule has 176 valence electrons. The van der Waals surface area contributed by atoms with Crippen LogP contribution in [-0.2, 0) is 16.0 Å². The summed E-state index contributed by atoms with van der Waals surface area (Å²) in [6.07, 6.45) is 4.98. The fraction of sp³-hybridized carbons (Fsp3) is 0.179. The molecule has 0 saturated carbocycles. The molecule has 0 unspecified atom stereocenters. The molecular formula is C28H25N3O4. The number of allylic oxidation sites excluding steroid dienone is 1. The van der Waals surface area contributed by atoms with Crippen molar-refractivity contribution >= 4 is 45.8 Å². The molecule has 7 nitrogen and oxygen atoms in total. The van der Waals surface area contributed by atoms with Crippen LogP contribution in [0.15, 0.2) is 71.3 Å². The van der Waals surface area contributed by atoms with Gasteiger partial charge in [-0.15, -0.1) is 0 Å². The third-order valence-corrected chi connectivity index (χ3v) is 6.01. The average molecular weight is 468 g/mol. The number of carbonyl (C=O) groups is 2. The van der Waals surface area contributed by atoms with Crippen molar-refractivity contribution in [2.75, 3.05) is 30.9 Å². The van der Waals surface area contributed by atoms with Gasteiger partial charge in [0.1, 0.15) is 5.76 Å². The summed E-state index contributed by atoms with van der Waals surface area (Å²) in [6, 6.07) is 18.6. The molecule has 0 atom stereocenters. The Morgan fingerprint density at radius 3 is 2.60 bits per heavy atom. The molecule has 0 fully saturated rings. The second-order valence-corrected chi connectivity index (χ2v) is 8.58. The Kier molecular flexibility index (Phi) is 6.06. The lowest BCUT2D eigenvalue weighted by molar-refractivity contribution is -0.119. The monoisotopic (exact) mass is 467 g/mol. The van der Waals surface area contributed by atoms with Gasteiger partial charge in [-0.2, -0.15) is 0 Å². The minimum atomic E-state index is -0.530. The van der Waals surface area contributed by atoms with E-state index in [4.69, 9.17) is 14.1 Å². The maximum absolute atomic E-state index is 13.2. The van der Waals surface area contributed by atoms with Crippen LogP contribution in [0.1, 0.15) is 33.8 Å². The number of para-hydroxylation sites is 1. The molecule has 4 aromatic rings. The Balaban J connectivity index is 1.37. The van der Waals surface area contributed by atoms with Crippen molar-refractivity contribution < 1.29 is 18.7 Å². The highest BCUT2D eigenvalue weighted by Gasteiger charge is 2.28. The lowest BCUT2D eigenvalue weighted by atomic mass is 10.0. The van der Waals surface area contributed by atoms with Crippen LogP contribution < -0.4 is 10.2 Å². The first-order valence-electron chi connectivity index (χ1n) is 11.4. The van der Waals surface area contributed by atoms with E-state index in [1.807, 2.05) is 85.7 Å². The number of anilines is 2. The van der Waals surface area contributed by atoms with Crippen LogP contribution in [0.2, 0.25) is 0 Å². The van der Waals surface area contributed by atoms with E-state index in [0.29, 0.717) is 23.2 Å². The number of nitrogens with zero attached hydrogens (tertiary/aromatic N) is 2. The van der Waals surface area contributed by atoms with Gasteiger partial charge in [-0.3, -0.25) is 4.79 Å². The number of aromatic nitrogens is 1.